The number of rotatable bonds is 4. The Hall–Kier alpha value is 0.270. The average Bonchev–Trinajstić information content (AvgIpc) is 2.38. The summed E-state index contributed by atoms with van der Waals surface area (Å²) in [6, 6.07) is 0.806. The van der Waals surface area contributed by atoms with Gasteiger partial charge in [0, 0.05) is 11.3 Å². The smallest absolute Gasteiger partial charge is 0.00777 e. The maximum Gasteiger partial charge on any atom is 0.00777 e. The van der Waals surface area contributed by atoms with Crippen molar-refractivity contribution in [3.8, 4) is 0 Å². The molecule has 17 heavy (non-hydrogen) atoms. The summed E-state index contributed by atoms with van der Waals surface area (Å²) in [6.45, 7) is 3.86. The number of piperidine rings is 1. The van der Waals surface area contributed by atoms with Crippen molar-refractivity contribution in [2.75, 3.05) is 32.9 Å². The molecule has 1 saturated heterocycles. The van der Waals surface area contributed by atoms with Gasteiger partial charge in [0.05, 0.1) is 0 Å². The molecule has 2 unspecified atom stereocenters. The Bertz CT molecular complexity index is 214. The fourth-order valence-corrected chi connectivity index (χ4v) is 3.97. The SMILES string of the molecule is CSC1CCCC(NCC2CCN(C)CC2)C1. The summed E-state index contributed by atoms with van der Waals surface area (Å²) >= 11 is 2.06. The number of hydrogen-bond acceptors (Lipinski definition) is 3. The highest BCUT2D eigenvalue weighted by Crippen LogP contribution is 2.27. The van der Waals surface area contributed by atoms with Crippen molar-refractivity contribution in [3.63, 3.8) is 0 Å². The van der Waals surface area contributed by atoms with Gasteiger partial charge in [0.1, 0.15) is 0 Å². The quantitative estimate of drug-likeness (QED) is 0.832. The van der Waals surface area contributed by atoms with Gasteiger partial charge >= 0.3 is 0 Å². The molecule has 0 aromatic heterocycles. The summed E-state index contributed by atoms with van der Waals surface area (Å²) in [7, 11) is 2.24. The highest BCUT2D eigenvalue weighted by molar-refractivity contribution is 7.99. The Morgan fingerprint density at radius 1 is 1.18 bits per heavy atom. The van der Waals surface area contributed by atoms with E-state index in [-0.39, 0.29) is 0 Å². The zero-order valence-corrected chi connectivity index (χ0v) is 12.3. The van der Waals surface area contributed by atoms with Gasteiger partial charge in [0.15, 0.2) is 0 Å². The first-order chi connectivity index (χ1) is 8.28. The first kappa shape index (κ1) is 13.7. The second kappa shape index (κ2) is 7.01. The molecule has 2 aliphatic rings. The number of likely N-dealkylation sites (tertiary alicyclic amines) is 1. The van der Waals surface area contributed by atoms with E-state index in [0.29, 0.717) is 0 Å². The molecule has 2 fully saturated rings. The van der Waals surface area contributed by atoms with Gasteiger partial charge in [0.2, 0.25) is 0 Å². The van der Waals surface area contributed by atoms with Crippen LogP contribution < -0.4 is 5.32 Å². The van der Waals surface area contributed by atoms with Crippen LogP contribution in [0.3, 0.4) is 0 Å². The van der Waals surface area contributed by atoms with Crippen LogP contribution in [0.15, 0.2) is 0 Å². The number of nitrogens with zero attached hydrogens (tertiary/aromatic N) is 1. The molecule has 0 aromatic carbocycles. The van der Waals surface area contributed by atoms with Crippen molar-refractivity contribution in [1.29, 1.82) is 0 Å². The van der Waals surface area contributed by atoms with E-state index in [0.717, 1.165) is 17.2 Å². The van der Waals surface area contributed by atoms with Crippen LogP contribution >= 0.6 is 11.8 Å². The maximum atomic E-state index is 3.84. The number of nitrogens with one attached hydrogen (secondary N) is 1. The molecule has 0 radical (unpaired) electrons. The highest BCUT2D eigenvalue weighted by Gasteiger charge is 2.22. The van der Waals surface area contributed by atoms with Crippen LogP contribution in [0.5, 0.6) is 0 Å². The molecule has 3 heteroatoms. The molecule has 1 N–H and O–H groups in total. The van der Waals surface area contributed by atoms with Gasteiger partial charge < -0.3 is 10.2 Å². The third-order valence-corrected chi connectivity index (χ3v) is 5.59. The number of hydrogen-bond donors (Lipinski definition) is 1. The van der Waals surface area contributed by atoms with Crippen molar-refractivity contribution >= 4 is 11.8 Å². The molecule has 0 aromatic rings. The molecule has 2 nitrogen and oxygen atoms in total. The van der Waals surface area contributed by atoms with E-state index < -0.39 is 0 Å². The summed E-state index contributed by atoms with van der Waals surface area (Å²) in [5.74, 6) is 0.931. The topological polar surface area (TPSA) is 15.3 Å². The minimum absolute atomic E-state index is 0.806. The van der Waals surface area contributed by atoms with Crippen LogP contribution in [0.2, 0.25) is 0 Å². The van der Waals surface area contributed by atoms with E-state index in [1.807, 2.05) is 0 Å². The Kier molecular flexibility index (Phi) is 5.64. The van der Waals surface area contributed by atoms with Gasteiger partial charge in [-0.15, -0.1) is 0 Å². The maximum absolute atomic E-state index is 3.84. The third-order valence-electron chi connectivity index (χ3n) is 4.49. The van der Waals surface area contributed by atoms with Crippen LogP contribution in [0.4, 0.5) is 0 Å². The lowest BCUT2D eigenvalue weighted by atomic mass is 9.93. The molecule has 1 aliphatic heterocycles. The van der Waals surface area contributed by atoms with Crippen molar-refractivity contribution in [2.45, 2.75) is 49.8 Å². The van der Waals surface area contributed by atoms with Crippen molar-refractivity contribution in [1.82, 2.24) is 10.2 Å². The molecule has 2 rings (SSSR count). The zero-order chi connectivity index (χ0) is 12.1. The summed E-state index contributed by atoms with van der Waals surface area (Å²) in [5, 5.41) is 4.75. The van der Waals surface area contributed by atoms with Gasteiger partial charge in [-0.25, -0.2) is 0 Å². The summed E-state index contributed by atoms with van der Waals surface area (Å²) in [5.41, 5.74) is 0. The first-order valence-electron chi connectivity index (χ1n) is 7.22. The molecule has 1 aliphatic carbocycles. The van der Waals surface area contributed by atoms with Crippen LogP contribution in [0.1, 0.15) is 38.5 Å². The van der Waals surface area contributed by atoms with E-state index in [1.54, 1.807) is 0 Å². The second-order valence-corrected chi connectivity index (χ2v) is 7.01. The largest absolute Gasteiger partial charge is 0.314 e. The fraction of sp³-hybridized carbons (Fsp3) is 1.00. The van der Waals surface area contributed by atoms with E-state index in [4.69, 9.17) is 0 Å². The predicted molar refractivity (Wildman–Crippen MR) is 77.8 cm³/mol. The first-order valence-corrected chi connectivity index (χ1v) is 8.51. The van der Waals surface area contributed by atoms with Gasteiger partial charge in [-0.05, 0) is 71.0 Å². The molecule has 0 spiro atoms. The molecule has 1 saturated carbocycles. The molecular formula is C14H28N2S. The monoisotopic (exact) mass is 256 g/mol. The summed E-state index contributed by atoms with van der Waals surface area (Å²) in [4.78, 5) is 2.46. The standard InChI is InChI=1S/C14H28N2S/c1-16-8-6-12(7-9-16)11-15-13-4-3-5-14(10-13)17-2/h12-15H,3-11H2,1-2H3. The van der Waals surface area contributed by atoms with E-state index in [2.05, 4.69) is 35.3 Å². The Balaban J connectivity index is 1.64. The Morgan fingerprint density at radius 2 is 1.94 bits per heavy atom. The molecule has 2 atom stereocenters. The van der Waals surface area contributed by atoms with E-state index in [1.165, 1.54) is 58.2 Å². The predicted octanol–water partition coefficient (Wildman–Crippen LogP) is 2.59. The van der Waals surface area contributed by atoms with Crippen LogP contribution in [0.25, 0.3) is 0 Å². The lowest BCUT2D eigenvalue weighted by Gasteiger charge is -2.33. The molecule has 1 heterocycles. The fourth-order valence-electron chi connectivity index (χ4n) is 3.14. The minimum atomic E-state index is 0.806. The van der Waals surface area contributed by atoms with E-state index >= 15 is 0 Å². The summed E-state index contributed by atoms with van der Waals surface area (Å²) in [6.07, 6.45) is 10.7. The molecular weight excluding hydrogens is 228 g/mol. The van der Waals surface area contributed by atoms with Crippen molar-refractivity contribution < 1.29 is 0 Å². The lowest BCUT2D eigenvalue weighted by Crippen LogP contribution is -2.40. The Labute approximate surface area is 111 Å². The second-order valence-electron chi connectivity index (χ2n) is 5.88. The normalized spacial score (nSPS) is 32.8. The van der Waals surface area contributed by atoms with Crippen molar-refractivity contribution in [3.05, 3.63) is 0 Å². The summed E-state index contributed by atoms with van der Waals surface area (Å²) < 4.78 is 0. The molecule has 100 valence electrons. The van der Waals surface area contributed by atoms with Gasteiger partial charge in [0.25, 0.3) is 0 Å². The third kappa shape index (κ3) is 4.46. The Morgan fingerprint density at radius 3 is 2.65 bits per heavy atom. The number of thioether (sulfide) groups is 1. The highest BCUT2D eigenvalue weighted by atomic mass is 32.2. The zero-order valence-electron chi connectivity index (χ0n) is 11.5. The molecule has 0 amide bonds. The van der Waals surface area contributed by atoms with Gasteiger partial charge in [-0.1, -0.05) is 6.42 Å². The van der Waals surface area contributed by atoms with Crippen molar-refractivity contribution in [2.24, 2.45) is 5.92 Å². The van der Waals surface area contributed by atoms with Crippen LogP contribution in [-0.2, 0) is 0 Å². The molecule has 0 bridgehead atoms. The minimum Gasteiger partial charge on any atom is -0.314 e. The van der Waals surface area contributed by atoms with Crippen LogP contribution in [-0.4, -0.2) is 49.1 Å². The lowest BCUT2D eigenvalue weighted by molar-refractivity contribution is 0.209. The average molecular weight is 256 g/mol. The van der Waals surface area contributed by atoms with E-state index in [9.17, 15) is 0 Å². The van der Waals surface area contributed by atoms with Gasteiger partial charge in [-0.3, -0.25) is 0 Å². The van der Waals surface area contributed by atoms with Crippen LogP contribution in [0, 0.1) is 5.92 Å². The van der Waals surface area contributed by atoms with Gasteiger partial charge in [-0.2, -0.15) is 11.8 Å².